The van der Waals surface area contributed by atoms with E-state index < -0.39 is 5.79 Å². The molecule has 0 bridgehead atoms. The Hall–Kier alpha value is -1.36. The lowest BCUT2D eigenvalue weighted by Crippen LogP contribution is -2.48. The van der Waals surface area contributed by atoms with Crippen molar-refractivity contribution in [1.82, 2.24) is 9.55 Å². The lowest BCUT2D eigenvalue weighted by Gasteiger charge is -2.44. The third-order valence-corrected chi connectivity index (χ3v) is 4.72. The number of nitrogens with zero attached hydrogens (tertiary/aromatic N) is 2. The fourth-order valence-electron chi connectivity index (χ4n) is 2.86. The Morgan fingerprint density at radius 1 is 1.12 bits per heavy atom. The van der Waals surface area contributed by atoms with Crippen LogP contribution >= 0.6 is 11.6 Å². The number of hydrogen-bond donors (Lipinski definition) is 0. The normalized spacial score (nSPS) is 19.3. The van der Waals surface area contributed by atoms with Crippen LogP contribution in [-0.4, -0.2) is 28.6 Å². The minimum absolute atomic E-state index is 0.0682. The maximum absolute atomic E-state index is 6.24. The molecule has 0 amide bonds. The van der Waals surface area contributed by atoms with Crippen molar-refractivity contribution in [3.63, 3.8) is 0 Å². The van der Waals surface area contributed by atoms with Gasteiger partial charge in [0.15, 0.2) is 5.79 Å². The molecule has 1 fully saturated rings. The Bertz CT molecular complexity index is 628. The molecule has 2 heterocycles. The first-order valence-corrected chi connectivity index (χ1v) is 8.82. The number of ether oxygens (including phenoxy) is 2. The highest BCUT2D eigenvalue weighted by atomic mass is 35.5. The molecule has 0 N–H and O–H groups in total. The monoisotopic (exact) mass is 348 g/mol. The lowest BCUT2D eigenvalue weighted by molar-refractivity contribution is -0.305. The second-order valence-corrected chi connectivity index (χ2v) is 7.77. The molecule has 4 nitrogen and oxygen atoms in total. The van der Waals surface area contributed by atoms with Gasteiger partial charge in [0.05, 0.1) is 19.5 Å². The average Bonchev–Trinajstić information content (AvgIpc) is 3.08. The van der Waals surface area contributed by atoms with Crippen LogP contribution < -0.4 is 0 Å². The van der Waals surface area contributed by atoms with Crippen LogP contribution in [0.4, 0.5) is 0 Å². The predicted octanol–water partition coefficient (Wildman–Crippen LogP) is 4.33. The Morgan fingerprint density at radius 3 is 2.46 bits per heavy atom. The second-order valence-electron chi connectivity index (χ2n) is 7.33. The van der Waals surface area contributed by atoms with Gasteiger partial charge in [0.1, 0.15) is 0 Å². The highest BCUT2D eigenvalue weighted by molar-refractivity contribution is 6.30. The van der Waals surface area contributed by atoms with Crippen molar-refractivity contribution in [3.8, 4) is 0 Å². The second kappa shape index (κ2) is 7.26. The molecule has 0 atom stereocenters. The van der Waals surface area contributed by atoms with Gasteiger partial charge in [0.2, 0.25) is 0 Å². The number of aromatic nitrogens is 2. The number of aryl methyl sites for hydroxylation is 2. The summed E-state index contributed by atoms with van der Waals surface area (Å²) in [4.78, 5) is 4.10. The quantitative estimate of drug-likeness (QED) is 0.779. The summed E-state index contributed by atoms with van der Waals surface area (Å²) < 4.78 is 14.6. The summed E-state index contributed by atoms with van der Waals surface area (Å²) in [6.07, 6.45) is 8.15. The first kappa shape index (κ1) is 17.5. The van der Waals surface area contributed by atoms with E-state index in [1.54, 1.807) is 6.20 Å². The topological polar surface area (TPSA) is 36.3 Å². The third-order valence-electron chi connectivity index (χ3n) is 4.47. The van der Waals surface area contributed by atoms with Gasteiger partial charge in [-0.05, 0) is 24.1 Å². The van der Waals surface area contributed by atoms with E-state index in [0.717, 1.165) is 44.0 Å². The van der Waals surface area contributed by atoms with E-state index in [2.05, 4.69) is 35.5 Å². The summed E-state index contributed by atoms with van der Waals surface area (Å²) in [5.74, 6) is -0.528. The molecular weight excluding hydrogens is 324 g/mol. The van der Waals surface area contributed by atoms with Crippen LogP contribution in [0, 0.1) is 5.41 Å². The minimum atomic E-state index is -0.528. The van der Waals surface area contributed by atoms with Crippen molar-refractivity contribution in [2.75, 3.05) is 13.2 Å². The van der Waals surface area contributed by atoms with Crippen molar-refractivity contribution < 1.29 is 9.47 Å². The first-order chi connectivity index (χ1) is 11.5. The molecule has 1 aliphatic rings. The molecule has 1 aliphatic heterocycles. The fraction of sp³-hybridized carbons (Fsp3) is 0.526. The van der Waals surface area contributed by atoms with Crippen LogP contribution in [0.25, 0.3) is 0 Å². The van der Waals surface area contributed by atoms with Crippen molar-refractivity contribution >= 4 is 11.6 Å². The number of hydrogen-bond acceptors (Lipinski definition) is 3. The molecule has 130 valence electrons. The molecule has 3 rings (SSSR count). The molecule has 0 spiro atoms. The van der Waals surface area contributed by atoms with Gasteiger partial charge in [0.25, 0.3) is 0 Å². The van der Waals surface area contributed by atoms with Crippen LogP contribution in [-0.2, 0) is 22.4 Å². The summed E-state index contributed by atoms with van der Waals surface area (Å²) in [6.45, 7) is 6.62. The standard InChI is InChI=1S/C19H25ClN2O2/c1-18(2)13-23-19(24-14-18,9-11-22-12-10-21-15-22)8-7-16-3-5-17(20)6-4-16/h3-6,10,12,15H,7-9,11,13-14H2,1-2H3. The summed E-state index contributed by atoms with van der Waals surface area (Å²) in [5.41, 5.74) is 1.32. The highest BCUT2D eigenvalue weighted by Gasteiger charge is 2.40. The van der Waals surface area contributed by atoms with Gasteiger partial charge in [0, 0.05) is 42.2 Å². The van der Waals surface area contributed by atoms with Crippen molar-refractivity contribution in [2.45, 2.75) is 45.4 Å². The maximum atomic E-state index is 6.24. The van der Waals surface area contributed by atoms with Crippen molar-refractivity contribution in [2.24, 2.45) is 5.41 Å². The number of rotatable bonds is 6. The molecule has 0 radical (unpaired) electrons. The van der Waals surface area contributed by atoms with E-state index >= 15 is 0 Å². The Kier molecular flexibility index (Phi) is 5.28. The molecule has 0 aliphatic carbocycles. The van der Waals surface area contributed by atoms with Gasteiger partial charge < -0.3 is 14.0 Å². The molecule has 0 saturated carbocycles. The summed E-state index contributed by atoms with van der Waals surface area (Å²) in [5, 5.41) is 0.764. The van der Waals surface area contributed by atoms with Gasteiger partial charge in [-0.2, -0.15) is 0 Å². The SMILES string of the molecule is CC1(C)COC(CCc2ccc(Cl)cc2)(CCn2ccnc2)OC1. The Morgan fingerprint density at radius 2 is 1.83 bits per heavy atom. The van der Waals surface area contributed by atoms with Crippen LogP contribution in [0.5, 0.6) is 0 Å². The third kappa shape index (κ3) is 4.59. The van der Waals surface area contributed by atoms with Crippen LogP contribution in [0.2, 0.25) is 5.02 Å². The van der Waals surface area contributed by atoms with Crippen LogP contribution in [0.1, 0.15) is 32.3 Å². The van der Waals surface area contributed by atoms with E-state index in [4.69, 9.17) is 21.1 Å². The predicted molar refractivity (Wildman–Crippen MR) is 95.0 cm³/mol. The van der Waals surface area contributed by atoms with E-state index in [0.29, 0.717) is 0 Å². The minimum Gasteiger partial charge on any atom is -0.349 e. The molecule has 0 unspecified atom stereocenters. The van der Waals surface area contributed by atoms with Crippen molar-refractivity contribution in [3.05, 3.63) is 53.6 Å². The molecule has 1 saturated heterocycles. The lowest BCUT2D eigenvalue weighted by atomic mass is 9.92. The van der Waals surface area contributed by atoms with Crippen molar-refractivity contribution in [1.29, 1.82) is 0 Å². The molecule has 2 aromatic rings. The summed E-state index contributed by atoms with van der Waals surface area (Å²) in [6, 6.07) is 8.00. The number of benzene rings is 1. The number of halogens is 1. The van der Waals surface area contributed by atoms with E-state index in [1.165, 1.54) is 5.56 Å². The summed E-state index contributed by atoms with van der Waals surface area (Å²) >= 11 is 5.97. The zero-order valence-corrected chi connectivity index (χ0v) is 15.1. The average molecular weight is 349 g/mol. The molecule has 1 aromatic heterocycles. The number of imidazole rings is 1. The molecular formula is C19H25ClN2O2. The van der Waals surface area contributed by atoms with Crippen LogP contribution in [0.3, 0.4) is 0 Å². The Labute approximate surface area is 148 Å². The zero-order valence-electron chi connectivity index (χ0n) is 14.4. The molecule has 24 heavy (non-hydrogen) atoms. The fourth-order valence-corrected chi connectivity index (χ4v) is 2.98. The largest absolute Gasteiger partial charge is 0.349 e. The van der Waals surface area contributed by atoms with Gasteiger partial charge in [-0.15, -0.1) is 0 Å². The van der Waals surface area contributed by atoms with Gasteiger partial charge >= 0.3 is 0 Å². The first-order valence-electron chi connectivity index (χ1n) is 8.45. The van der Waals surface area contributed by atoms with Gasteiger partial charge in [-0.1, -0.05) is 37.6 Å². The maximum Gasteiger partial charge on any atom is 0.170 e. The Balaban J connectivity index is 1.66. The smallest absolute Gasteiger partial charge is 0.170 e. The van der Waals surface area contributed by atoms with E-state index in [9.17, 15) is 0 Å². The van der Waals surface area contributed by atoms with E-state index in [1.807, 2.05) is 24.7 Å². The van der Waals surface area contributed by atoms with E-state index in [-0.39, 0.29) is 5.41 Å². The zero-order chi connectivity index (χ0) is 17.0. The van der Waals surface area contributed by atoms with Crippen LogP contribution in [0.15, 0.2) is 43.0 Å². The highest BCUT2D eigenvalue weighted by Crippen LogP contribution is 2.35. The van der Waals surface area contributed by atoms with Gasteiger partial charge in [-0.25, -0.2) is 4.98 Å². The molecule has 1 aromatic carbocycles. The molecule has 5 heteroatoms. The summed E-state index contributed by atoms with van der Waals surface area (Å²) in [7, 11) is 0. The van der Waals surface area contributed by atoms with Gasteiger partial charge in [-0.3, -0.25) is 0 Å².